The molecule has 0 radical (unpaired) electrons. The molecule has 3 rings (SSSR count). The van der Waals surface area contributed by atoms with E-state index in [0.717, 1.165) is 21.7 Å². The Morgan fingerprint density at radius 3 is 2.71 bits per heavy atom. The van der Waals surface area contributed by atoms with Gasteiger partial charge in [0.05, 0.1) is 5.39 Å². The number of pyridine rings is 1. The van der Waals surface area contributed by atoms with Gasteiger partial charge in [-0.05, 0) is 37.2 Å². The second-order valence-corrected chi connectivity index (χ2v) is 6.80. The standard InChI is InChI=1S/C17H16ClN2O2S.K/c18-12-5-3-11(4-6-12)9-19-15-10-20-17-14(16(15)22)8-13(23-17)2-1-7-21;/h3-6,8,10,21H,1-2,7,9H2,(H,20,22);/q-1;+1. The van der Waals surface area contributed by atoms with Crippen LogP contribution in [0.25, 0.3) is 15.5 Å². The zero-order valence-electron chi connectivity index (χ0n) is 13.4. The molecule has 0 spiro atoms. The third kappa shape index (κ3) is 4.92. The van der Waals surface area contributed by atoms with E-state index < -0.39 is 0 Å². The van der Waals surface area contributed by atoms with Gasteiger partial charge in [-0.15, -0.1) is 17.9 Å². The van der Waals surface area contributed by atoms with E-state index in [1.807, 2.05) is 30.3 Å². The van der Waals surface area contributed by atoms with Crippen LogP contribution < -0.4 is 56.8 Å². The first-order valence-corrected chi connectivity index (χ1v) is 8.54. The quantitative estimate of drug-likeness (QED) is 0.628. The number of H-pyrrole nitrogens is 1. The van der Waals surface area contributed by atoms with E-state index in [1.165, 1.54) is 0 Å². The van der Waals surface area contributed by atoms with Crippen molar-refractivity contribution in [3.8, 4) is 0 Å². The predicted molar refractivity (Wildman–Crippen MR) is 96.0 cm³/mol. The summed E-state index contributed by atoms with van der Waals surface area (Å²) >= 11 is 7.41. The summed E-state index contributed by atoms with van der Waals surface area (Å²) in [6, 6.07) is 9.32. The molecule has 2 heterocycles. The fraction of sp³-hybridized carbons (Fsp3) is 0.235. The number of nitrogens with one attached hydrogen (secondary N) is 1. The number of hydrogen-bond donors (Lipinski definition) is 2. The normalized spacial score (nSPS) is 10.6. The van der Waals surface area contributed by atoms with Gasteiger partial charge in [0.25, 0.3) is 0 Å². The van der Waals surface area contributed by atoms with E-state index in [0.29, 0.717) is 29.1 Å². The average molecular weight is 387 g/mol. The van der Waals surface area contributed by atoms with Crippen LogP contribution in [0.2, 0.25) is 5.02 Å². The largest absolute Gasteiger partial charge is 1.00 e. The number of aliphatic hydroxyl groups excluding tert-OH is 1. The zero-order valence-corrected chi connectivity index (χ0v) is 18.1. The topological polar surface area (TPSA) is 67.2 Å². The Morgan fingerprint density at radius 1 is 1.25 bits per heavy atom. The van der Waals surface area contributed by atoms with Gasteiger partial charge < -0.3 is 15.4 Å². The first-order chi connectivity index (χ1) is 11.2. The van der Waals surface area contributed by atoms with Crippen molar-refractivity contribution < 1.29 is 56.5 Å². The maximum Gasteiger partial charge on any atom is 1.00 e. The number of thiophene rings is 1. The smallest absolute Gasteiger partial charge is 0.676 e. The number of aromatic amines is 1. The van der Waals surface area contributed by atoms with Gasteiger partial charge in [0.15, 0.2) is 5.43 Å². The number of aryl methyl sites for hydroxylation is 1. The van der Waals surface area contributed by atoms with Crippen molar-refractivity contribution >= 4 is 38.8 Å². The Bertz CT molecular complexity index is 861. The Balaban J connectivity index is 0.00000208. The van der Waals surface area contributed by atoms with Crippen molar-refractivity contribution in [2.45, 2.75) is 19.4 Å². The number of rotatable bonds is 6. The van der Waals surface area contributed by atoms with Gasteiger partial charge in [0.2, 0.25) is 0 Å². The molecule has 0 saturated carbocycles. The summed E-state index contributed by atoms with van der Waals surface area (Å²) < 4.78 is 0. The second-order valence-electron chi connectivity index (χ2n) is 5.23. The molecule has 0 aliphatic heterocycles. The van der Waals surface area contributed by atoms with Crippen LogP contribution in [0, 0.1) is 0 Å². The van der Waals surface area contributed by atoms with E-state index >= 15 is 0 Å². The van der Waals surface area contributed by atoms with Gasteiger partial charge in [-0.1, -0.05) is 35.0 Å². The van der Waals surface area contributed by atoms with Gasteiger partial charge >= 0.3 is 51.4 Å². The van der Waals surface area contributed by atoms with Crippen LogP contribution in [0.3, 0.4) is 0 Å². The molecule has 0 fully saturated rings. The Kier molecular flexibility index (Phi) is 7.97. The van der Waals surface area contributed by atoms with Crippen LogP contribution in [0.15, 0.2) is 41.3 Å². The molecule has 2 aromatic heterocycles. The molecule has 4 nitrogen and oxygen atoms in total. The molecule has 0 unspecified atom stereocenters. The first kappa shape index (κ1) is 20.1. The molecular weight excluding hydrogens is 371 g/mol. The Hall–Kier alpha value is -0.184. The van der Waals surface area contributed by atoms with Crippen LogP contribution >= 0.6 is 22.9 Å². The van der Waals surface area contributed by atoms with Crippen LogP contribution in [-0.4, -0.2) is 16.7 Å². The average Bonchev–Trinajstić information content (AvgIpc) is 2.98. The number of halogens is 1. The van der Waals surface area contributed by atoms with Crippen molar-refractivity contribution in [1.82, 2.24) is 4.98 Å². The van der Waals surface area contributed by atoms with E-state index in [9.17, 15) is 4.79 Å². The number of benzene rings is 1. The maximum atomic E-state index is 12.5. The molecule has 3 aromatic rings. The summed E-state index contributed by atoms with van der Waals surface area (Å²) in [6.45, 7) is 0.594. The third-order valence-corrected chi connectivity index (χ3v) is 4.90. The van der Waals surface area contributed by atoms with Gasteiger partial charge in [-0.3, -0.25) is 4.79 Å². The number of aliphatic hydroxyl groups is 1. The minimum Gasteiger partial charge on any atom is -0.676 e. The fourth-order valence-electron chi connectivity index (χ4n) is 2.32. The van der Waals surface area contributed by atoms with E-state index in [-0.39, 0.29) is 63.4 Å². The van der Waals surface area contributed by atoms with E-state index in [1.54, 1.807) is 17.5 Å². The minimum absolute atomic E-state index is 0. The molecule has 120 valence electrons. The minimum atomic E-state index is -0.0563. The summed E-state index contributed by atoms with van der Waals surface area (Å²) in [7, 11) is 0. The molecular formula is C17H16ClKN2O2S. The maximum absolute atomic E-state index is 12.5. The summed E-state index contributed by atoms with van der Waals surface area (Å²) in [4.78, 5) is 17.6. The van der Waals surface area contributed by atoms with Crippen LogP contribution in [0.1, 0.15) is 16.9 Å². The van der Waals surface area contributed by atoms with Crippen LogP contribution in [-0.2, 0) is 13.0 Å². The van der Waals surface area contributed by atoms with E-state index in [2.05, 4.69) is 10.3 Å². The Morgan fingerprint density at radius 2 is 2.00 bits per heavy atom. The second kappa shape index (κ2) is 9.50. The summed E-state index contributed by atoms with van der Waals surface area (Å²) in [5.41, 5.74) is 1.38. The molecule has 0 amide bonds. The molecule has 0 saturated heterocycles. The number of hydrogen-bond acceptors (Lipinski definition) is 3. The summed E-state index contributed by atoms with van der Waals surface area (Å²) in [6.07, 6.45) is 3.14. The number of aromatic nitrogens is 1. The molecule has 0 aliphatic carbocycles. The molecule has 0 bridgehead atoms. The van der Waals surface area contributed by atoms with Gasteiger partial charge in [-0.2, -0.15) is 0 Å². The summed E-state index contributed by atoms with van der Waals surface area (Å²) in [5.74, 6) is 0. The van der Waals surface area contributed by atoms with Crippen molar-refractivity contribution in [3.05, 3.63) is 67.5 Å². The molecule has 7 heteroatoms. The molecule has 1 aromatic carbocycles. The predicted octanol–water partition coefficient (Wildman–Crippen LogP) is 1.38. The first-order valence-electron chi connectivity index (χ1n) is 7.34. The SMILES string of the molecule is O=c1c([N-]Cc2ccc(Cl)cc2)c[nH]c2sc(CCCO)cc12.[K+]. The van der Waals surface area contributed by atoms with Crippen LogP contribution in [0.4, 0.5) is 5.69 Å². The van der Waals surface area contributed by atoms with Gasteiger partial charge in [0.1, 0.15) is 4.83 Å². The number of nitrogens with zero attached hydrogens (tertiary/aromatic N) is 1. The molecule has 2 N–H and O–H groups in total. The number of fused-ring (bicyclic) bond motifs is 1. The van der Waals surface area contributed by atoms with Crippen molar-refractivity contribution in [3.63, 3.8) is 0 Å². The van der Waals surface area contributed by atoms with E-state index in [4.69, 9.17) is 16.7 Å². The van der Waals surface area contributed by atoms with Gasteiger partial charge in [0, 0.05) is 16.5 Å². The van der Waals surface area contributed by atoms with Crippen molar-refractivity contribution in [1.29, 1.82) is 0 Å². The van der Waals surface area contributed by atoms with Crippen LogP contribution in [0.5, 0.6) is 0 Å². The third-order valence-electron chi connectivity index (χ3n) is 3.53. The zero-order chi connectivity index (χ0) is 16.2. The van der Waals surface area contributed by atoms with Crippen molar-refractivity contribution in [2.24, 2.45) is 0 Å². The van der Waals surface area contributed by atoms with Crippen molar-refractivity contribution in [2.75, 3.05) is 6.61 Å². The molecule has 0 aliphatic rings. The molecule has 24 heavy (non-hydrogen) atoms. The molecule has 0 atom stereocenters. The van der Waals surface area contributed by atoms with Gasteiger partial charge in [-0.25, -0.2) is 0 Å². The fourth-order valence-corrected chi connectivity index (χ4v) is 3.51. The summed E-state index contributed by atoms with van der Waals surface area (Å²) in [5, 5.41) is 14.7. The monoisotopic (exact) mass is 386 g/mol. The Labute approximate surface area is 191 Å².